The molecule has 2 aromatic rings. The van der Waals surface area contributed by atoms with Gasteiger partial charge in [0.05, 0.1) is 4.92 Å². The Labute approximate surface area is 141 Å². The van der Waals surface area contributed by atoms with Crippen molar-refractivity contribution < 1.29 is 4.92 Å². The fourth-order valence-corrected chi connectivity index (χ4v) is 2.37. The predicted octanol–water partition coefficient (Wildman–Crippen LogP) is 3.93. The highest BCUT2D eigenvalue weighted by molar-refractivity contribution is 5.74. The summed E-state index contributed by atoms with van der Waals surface area (Å²) in [5.41, 5.74) is 1.87. The predicted molar refractivity (Wildman–Crippen MR) is 96.0 cm³/mol. The van der Waals surface area contributed by atoms with Crippen molar-refractivity contribution in [1.29, 1.82) is 0 Å². The number of hydrogen-bond donors (Lipinski definition) is 1. The molecule has 1 aromatic carbocycles. The zero-order valence-corrected chi connectivity index (χ0v) is 14.3. The van der Waals surface area contributed by atoms with Crippen LogP contribution in [0.25, 0.3) is 0 Å². The largest absolute Gasteiger partial charge is 0.354 e. The number of aryl methyl sites for hydroxylation is 1. The molecule has 0 aliphatic rings. The first kappa shape index (κ1) is 17.7. The maximum absolute atomic E-state index is 11.6. The minimum absolute atomic E-state index is 0.101. The first-order valence-electron chi connectivity index (χ1n) is 8.13. The van der Waals surface area contributed by atoms with E-state index in [9.17, 15) is 10.1 Å². The van der Waals surface area contributed by atoms with Crippen LogP contribution in [-0.4, -0.2) is 28.5 Å². The minimum atomic E-state index is -0.430. The molecule has 0 saturated heterocycles. The molecule has 0 unspecified atom stereocenters. The fraction of sp³-hybridized carbons (Fsp3) is 0.412. The Morgan fingerprint density at radius 2 is 1.92 bits per heavy atom. The van der Waals surface area contributed by atoms with Gasteiger partial charge in [-0.25, -0.2) is 9.97 Å². The van der Waals surface area contributed by atoms with E-state index in [0.717, 1.165) is 24.9 Å². The maximum atomic E-state index is 11.6. The number of nitro groups is 1. The lowest BCUT2D eigenvalue weighted by Crippen LogP contribution is -2.21. The molecule has 7 nitrogen and oxygen atoms in total. The molecule has 0 aliphatic heterocycles. The smallest absolute Gasteiger partial charge is 0.353 e. The summed E-state index contributed by atoms with van der Waals surface area (Å²) in [5, 5.41) is 14.6. The average molecular weight is 329 g/mol. The van der Waals surface area contributed by atoms with Gasteiger partial charge in [-0.15, -0.1) is 0 Å². The molecular weight excluding hydrogens is 306 g/mol. The molecule has 24 heavy (non-hydrogen) atoms. The van der Waals surface area contributed by atoms with Crippen molar-refractivity contribution in [2.75, 3.05) is 23.8 Å². The number of nitrogens with one attached hydrogen (secondary N) is 1. The van der Waals surface area contributed by atoms with Crippen LogP contribution in [0.3, 0.4) is 0 Å². The summed E-state index contributed by atoms with van der Waals surface area (Å²) in [6.07, 6.45) is 4.25. The van der Waals surface area contributed by atoms with E-state index in [2.05, 4.69) is 29.1 Å². The zero-order valence-electron chi connectivity index (χ0n) is 14.3. The summed E-state index contributed by atoms with van der Waals surface area (Å²) < 4.78 is 0. The first-order chi connectivity index (χ1) is 11.6. The molecule has 7 heteroatoms. The van der Waals surface area contributed by atoms with Gasteiger partial charge in [0.2, 0.25) is 11.6 Å². The normalized spacial score (nSPS) is 10.5. The topological polar surface area (TPSA) is 84.2 Å². The highest BCUT2D eigenvalue weighted by atomic mass is 16.6. The Kier molecular flexibility index (Phi) is 6.06. The molecule has 2 rings (SSSR count). The number of benzene rings is 1. The van der Waals surface area contributed by atoms with E-state index in [0.29, 0.717) is 12.4 Å². The third kappa shape index (κ3) is 4.18. The summed E-state index contributed by atoms with van der Waals surface area (Å²) in [7, 11) is 1.81. The van der Waals surface area contributed by atoms with Crippen molar-refractivity contribution in [3.63, 3.8) is 0 Å². The van der Waals surface area contributed by atoms with Crippen molar-refractivity contribution >= 4 is 23.0 Å². The number of anilines is 3. The molecule has 0 radical (unpaired) electrons. The summed E-state index contributed by atoms with van der Waals surface area (Å²) in [4.78, 5) is 21.1. The van der Waals surface area contributed by atoms with E-state index in [1.54, 1.807) is 4.90 Å². The van der Waals surface area contributed by atoms with Crippen molar-refractivity contribution in [2.24, 2.45) is 0 Å². The van der Waals surface area contributed by atoms with Crippen molar-refractivity contribution in [3.05, 3.63) is 46.3 Å². The molecule has 0 amide bonds. The van der Waals surface area contributed by atoms with Gasteiger partial charge in [-0.1, -0.05) is 32.4 Å². The van der Waals surface area contributed by atoms with Crippen molar-refractivity contribution in [2.45, 2.75) is 33.1 Å². The van der Waals surface area contributed by atoms with Crippen LogP contribution in [0.1, 0.15) is 32.3 Å². The monoisotopic (exact) mass is 329 g/mol. The number of rotatable bonds is 8. The Balaban J connectivity index is 2.33. The van der Waals surface area contributed by atoms with Crippen molar-refractivity contribution in [3.8, 4) is 0 Å². The van der Waals surface area contributed by atoms with Crippen LogP contribution < -0.4 is 10.2 Å². The van der Waals surface area contributed by atoms with Crippen LogP contribution in [0.5, 0.6) is 0 Å². The van der Waals surface area contributed by atoms with Crippen LogP contribution in [-0.2, 0) is 6.42 Å². The number of hydrogen-bond acceptors (Lipinski definition) is 6. The number of nitrogens with zero attached hydrogens (tertiary/aromatic N) is 4. The summed E-state index contributed by atoms with van der Waals surface area (Å²) in [6.45, 7) is 4.87. The van der Waals surface area contributed by atoms with Gasteiger partial charge in [0.15, 0.2) is 0 Å². The highest BCUT2D eigenvalue weighted by Gasteiger charge is 2.25. The third-order valence-electron chi connectivity index (χ3n) is 3.82. The number of aromatic nitrogens is 2. The van der Waals surface area contributed by atoms with Gasteiger partial charge in [0.25, 0.3) is 0 Å². The van der Waals surface area contributed by atoms with Crippen LogP contribution in [0.15, 0.2) is 30.6 Å². The van der Waals surface area contributed by atoms with Gasteiger partial charge < -0.3 is 10.2 Å². The number of unbranched alkanes of at least 4 members (excludes halogenated alkanes) is 1. The molecule has 0 atom stereocenters. The summed E-state index contributed by atoms with van der Waals surface area (Å²) in [6, 6.07) is 7.77. The average Bonchev–Trinajstić information content (AvgIpc) is 2.59. The zero-order chi connectivity index (χ0) is 17.5. The van der Waals surface area contributed by atoms with E-state index >= 15 is 0 Å². The molecule has 128 valence electrons. The molecule has 0 bridgehead atoms. The third-order valence-corrected chi connectivity index (χ3v) is 3.82. The van der Waals surface area contributed by atoms with Gasteiger partial charge in [0, 0.05) is 19.3 Å². The standard InChI is InChI=1S/C17H23N5O2/c1-4-6-11-21(3)17-15(22(23)24)16(18-12-19-17)20-14-9-7-13(5-2)8-10-14/h7-10,12H,4-6,11H2,1-3H3,(H,18,19,20). The first-order valence-corrected chi connectivity index (χ1v) is 8.13. The summed E-state index contributed by atoms with van der Waals surface area (Å²) >= 11 is 0. The lowest BCUT2D eigenvalue weighted by Gasteiger charge is -2.18. The van der Waals surface area contributed by atoms with E-state index < -0.39 is 4.92 Å². The Bertz CT molecular complexity index is 688. The Hall–Kier alpha value is -2.70. The van der Waals surface area contributed by atoms with Gasteiger partial charge in [-0.05, 0) is 30.5 Å². The molecule has 0 saturated carbocycles. The molecule has 1 aromatic heterocycles. The second-order valence-electron chi connectivity index (χ2n) is 5.60. The Morgan fingerprint density at radius 3 is 2.50 bits per heavy atom. The highest BCUT2D eigenvalue weighted by Crippen LogP contribution is 2.33. The van der Waals surface area contributed by atoms with Crippen LogP contribution in [0.2, 0.25) is 0 Å². The lowest BCUT2D eigenvalue weighted by atomic mass is 10.1. The van der Waals surface area contributed by atoms with Gasteiger partial charge in [-0.2, -0.15) is 0 Å². The minimum Gasteiger partial charge on any atom is -0.354 e. The van der Waals surface area contributed by atoms with E-state index in [-0.39, 0.29) is 11.5 Å². The fourth-order valence-electron chi connectivity index (χ4n) is 2.37. The van der Waals surface area contributed by atoms with Gasteiger partial charge >= 0.3 is 5.69 Å². The van der Waals surface area contributed by atoms with Crippen LogP contribution in [0, 0.1) is 10.1 Å². The quantitative estimate of drug-likeness (QED) is 0.583. The second-order valence-corrected chi connectivity index (χ2v) is 5.60. The SMILES string of the molecule is CCCCN(C)c1ncnc(Nc2ccc(CC)cc2)c1[N+](=O)[O-]. The van der Waals surface area contributed by atoms with Gasteiger partial charge in [0.1, 0.15) is 6.33 Å². The molecule has 0 spiro atoms. The summed E-state index contributed by atoms with van der Waals surface area (Å²) in [5.74, 6) is 0.536. The van der Waals surface area contributed by atoms with Crippen LogP contribution in [0.4, 0.5) is 23.0 Å². The lowest BCUT2D eigenvalue weighted by molar-refractivity contribution is -0.383. The van der Waals surface area contributed by atoms with Crippen LogP contribution >= 0.6 is 0 Å². The molecule has 1 heterocycles. The molecule has 1 N–H and O–H groups in total. The molecule has 0 fully saturated rings. The second kappa shape index (κ2) is 8.24. The van der Waals surface area contributed by atoms with Gasteiger partial charge in [-0.3, -0.25) is 10.1 Å². The van der Waals surface area contributed by atoms with E-state index in [4.69, 9.17) is 0 Å². The molecule has 0 aliphatic carbocycles. The van der Waals surface area contributed by atoms with E-state index in [1.807, 2.05) is 31.3 Å². The Morgan fingerprint density at radius 1 is 1.21 bits per heavy atom. The maximum Gasteiger partial charge on any atom is 0.353 e. The molecular formula is C17H23N5O2. The van der Waals surface area contributed by atoms with Crippen molar-refractivity contribution in [1.82, 2.24) is 9.97 Å². The van der Waals surface area contributed by atoms with E-state index in [1.165, 1.54) is 11.9 Å².